The van der Waals surface area contributed by atoms with Crippen molar-refractivity contribution in [1.82, 2.24) is 10.2 Å². The number of benzene rings is 2. The fraction of sp³-hybridized carbons (Fsp3) is 0.0952. The fourth-order valence-corrected chi connectivity index (χ4v) is 2.69. The highest BCUT2D eigenvalue weighted by molar-refractivity contribution is 6.14. The van der Waals surface area contributed by atoms with Crippen LogP contribution in [0.25, 0.3) is 6.08 Å². The molecule has 3 rings (SSSR count). The molecule has 0 spiro atoms. The van der Waals surface area contributed by atoms with E-state index in [9.17, 15) is 19.5 Å². The van der Waals surface area contributed by atoms with Crippen LogP contribution in [0.2, 0.25) is 0 Å². The minimum atomic E-state index is -0.649. The largest absolute Gasteiger partial charge is 0.508 e. The van der Waals surface area contributed by atoms with E-state index in [1.54, 1.807) is 6.08 Å². The molecule has 0 bridgehead atoms. The van der Waals surface area contributed by atoms with Gasteiger partial charge in [0.25, 0.3) is 5.91 Å². The first kappa shape index (κ1) is 18.9. The van der Waals surface area contributed by atoms with Crippen LogP contribution in [0.3, 0.4) is 0 Å². The van der Waals surface area contributed by atoms with Crippen LogP contribution in [0.4, 0.5) is 10.5 Å². The van der Waals surface area contributed by atoms with E-state index < -0.39 is 24.4 Å². The van der Waals surface area contributed by atoms with Crippen molar-refractivity contribution in [2.75, 3.05) is 11.9 Å². The molecule has 7 heteroatoms. The lowest BCUT2D eigenvalue weighted by Crippen LogP contribution is -2.38. The van der Waals surface area contributed by atoms with E-state index in [1.807, 2.05) is 43.3 Å². The number of phenolic OH excluding ortho intramolecular Hbond substituents is 1. The van der Waals surface area contributed by atoms with E-state index in [0.29, 0.717) is 5.69 Å². The molecule has 2 aromatic rings. The molecule has 1 saturated heterocycles. The number of aromatic hydroxyl groups is 1. The molecular formula is C21H19N3O4. The number of carbonyl (C=O) groups excluding carboxylic acids is 3. The summed E-state index contributed by atoms with van der Waals surface area (Å²) in [6.07, 6.45) is 3.46. The molecule has 0 aromatic heterocycles. The number of carbonyl (C=O) groups is 3. The van der Waals surface area contributed by atoms with Gasteiger partial charge in [0.2, 0.25) is 5.91 Å². The molecule has 28 heavy (non-hydrogen) atoms. The molecule has 0 radical (unpaired) electrons. The van der Waals surface area contributed by atoms with Gasteiger partial charge in [0.05, 0.1) is 0 Å². The number of urea groups is 1. The van der Waals surface area contributed by atoms with Crippen LogP contribution in [0.15, 0.2) is 71.9 Å². The van der Waals surface area contributed by atoms with Gasteiger partial charge in [-0.15, -0.1) is 0 Å². The van der Waals surface area contributed by atoms with Crippen molar-refractivity contribution >= 4 is 29.6 Å². The molecule has 1 aliphatic rings. The summed E-state index contributed by atoms with van der Waals surface area (Å²) in [5, 5.41) is 14.3. The lowest BCUT2D eigenvalue weighted by molar-refractivity contribution is -0.127. The monoisotopic (exact) mass is 377 g/mol. The molecule has 1 aliphatic heterocycles. The number of phenols is 1. The number of amides is 4. The van der Waals surface area contributed by atoms with Crippen LogP contribution in [0, 0.1) is 0 Å². The van der Waals surface area contributed by atoms with Crippen LogP contribution >= 0.6 is 0 Å². The van der Waals surface area contributed by atoms with Crippen molar-refractivity contribution in [3.05, 3.63) is 77.5 Å². The molecule has 0 atom stereocenters. The summed E-state index contributed by atoms with van der Waals surface area (Å²) in [6, 6.07) is 14.8. The van der Waals surface area contributed by atoms with Crippen LogP contribution in [0.5, 0.6) is 5.75 Å². The van der Waals surface area contributed by atoms with E-state index in [0.717, 1.165) is 16.0 Å². The number of hydrogen-bond donors (Lipinski definition) is 3. The van der Waals surface area contributed by atoms with Gasteiger partial charge in [-0.05, 0) is 48.4 Å². The summed E-state index contributed by atoms with van der Waals surface area (Å²) in [6.45, 7) is 1.41. The molecule has 4 amide bonds. The molecule has 1 heterocycles. The Morgan fingerprint density at radius 1 is 1.11 bits per heavy atom. The average molecular weight is 377 g/mol. The first-order valence-electron chi connectivity index (χ1n) is 8.59. The number of hydrogen-bond acceptors (Lipinski definition) is 4. The summed E-state index contributed by atoms with van der Waals surface area (Å²) in [5.74, 6) is -1.01. The Kier molecular flexibility index (Phi) is 5.55. The highest BCUT2D eigenvalue weighted by Gasteiger charge is 2.34. The predicted molar refractivity (Wildman–Crippen MR) is 105 cm³/mol. The Bertz CT molecular complexity index is 963. The van der Waals surface area contributed by atoms with Crippen molar-refractivity contribution in [1.29, 1.82) is 0 Å². The van der Waals surface area contributed by atoms with E-state index >= 15 is 0 Å². The average Bonchev–Trinajstić information content (AvgIpc) is 2.91. The Morgan fingerprint density at radius 2 is 1.79 bits per heavy atom. The van der Waals surface area contributed by atoms with E-state index in [2.05, 4.69) is 10.6 Å². The maximum atomic E-state index is 12.5. The van der Waals surface area contributed by atoms with Crippen LogP contribution in [-0.2, 0) is 9.59 Å². The van der Waals surface area contributed by atoms with Crippen molar-refractivity contribution in [2.24, 2.45) is 0 Å². The summed E-state index contributed by atoms with van der Waals surface area (Å²) in [4.78, 5) is 37.5. The minimum absolute atomic E-state index is 0.0702. The lowest BCUT2D eigenvalue weighted by atomic mass is 10.1. The number of nitrogens with one attached hydrogen (secondary N) is 2. The molecule has 3 N–H and O–H groups in total. The maximum absolute atomic E-state index is 12.5. The van der Waals surface area contributed by atoms with Gasteiger partial charge in [-0.1, -0.05) is 36.4 Å². The van der Waals surface area contributed by atoms with E-state index in [-0.39, 0.29) is 11.4 Å². The number of allylic oxidation sites excluding steroid dienone is 2. The molecule has 0 unspecified atom stereocenters. The first-order chi connectivity index (χ1) is 13.4. The molecule has 142 valence electrons. The Balaban J connectivity index is 1.66. The molecule has 0 aliphatic carbocycles. The second-order valence-electron chi connectivity index (χ2n) is 6.27. The number of imide groups is 1. The zero-order valence-electron chi connectivity index (χ0n) is 15.2. The predicted octanol–water partition coefficient (Wildman–Crippen LogP) is 2.87. The third kappa shape index (κ3) is 4.64. The van der Waals surface area contributed by atoms with Crippen molar-refractivity contribution in [2.45, 2.75) is 6.92 Å². The van der Waals surface area contributed by atoms with E-state index in [1.165, 1.54) is 24.3 Å². The molecule has 0 saturated carbocycles. The number of nitrogens with zero attached hydrogens (tertiary/aromatic N) is 1. The van der Waals surface area contributed by atoms with Gasteiger partial charge in [-0.3, -0.25) is 9.59 Å². The third-order valence-corrected chi connectivity index (χ3v) is 3.98. The van der Waals surface area contributed by atoms with Gasteiger partial charge < -0.3 is 15.7 Å². The van der Waals surface area contributed by atoms with Crippen molar-refractivity contribution in [3.63, 3.8) is 0 Å². The maximum Gasteiger partial charge on any atom is 0.329 e. The topological polar surface area (TPSA) is 98.7 Å². The van der Waals surface area contributed by atoms with Crippen LogP contribution in [0.1, 0.15) is 12.5 Å². The van der Waals surface area contributed by atoms with Crippen molar-refractivity contribution < 1.29 is 19.5 Å². The number of anilines is 1. The quantitative estimate of drug-likeness (QED) is 0.424. The van der Waals surface area contributed by atoms with Crippen molar-refractivity contribution in [3.8, 4) is 5.75 Å². The normalized spacial score (nSPS) is 15.7. The smallest absolute Gasteiger partial charge is 0.329 e. The Morgan fingerprint density at radius 3 is 2.46 bits per heavy atom. The SMILES string of the molecule is CC(/C=C1\NC(=O)N(CC(=O)Nc2ccc(O)cc2)C1=O)=C\c1ccccc1. The standard InChI is InChI=1S/C21H19N3O4/c1-14(11-15-5-3-2-4-6-15)12-18-20(27)24(21(28)23-18)13-19(26)22-16-7-9-17(25)10-8-16/h2-12,25H,13H2,1H3,(H,22,26)(H,23,28)/b14-11+,18-12-. The number of rotatable bonds is 5. The fourth-order valence-electron chi connectivity index (χ4n) is 2.69. The molecule has 2 aromatic carbocycles. The lowest BCUT2D eigenvalue weighted by Gasteiger charge is -2.12. The highest BCUT2D eigenvalue weighted by Crippen LogP contribution is 2.16. The van der Waals surface area contributed by atoms with Gasteiger partial charge in [0.15, 0.2) is 0 Å². The summed E-state index contributed by atoms with van der Waals surface area (Å²) in [5.41, 5.74) is 2.32. The molecule has 1 fully saturated rings. The molecule has 7 nitrogen and oxygen atoms in total. The van der Waals surface area contributed by atoms with Crippen LogP contribution in [-0.4, -0.2) is 34.4 Å². The summed E-state index contributed by atoms with van der Waals surface area (Å²) in [7, 11) is 0. The first-order valence-corrected chi connectivity index (χ1v) is 8.59. The second kappa shape index (κ2) is 8.22. The third-order valence-electron chi connectivity index (χ3n) is 3.98. The second-order valence-corrected chi connectivity index (χ2v) is 6.27. The highest BCUT2D eigenvalue weighted by atomic mass is 16.3. The van der Waals surface area contributed by atoms with E-state index in [4.69, 9.17) is 0 Å². The van der Waals surface area contributed by atoms with Gasteiger partial charge in [0.1, 0.15) is 18.0 Å². The minimum Gasteiger partial charge on any atom is -0.508 e. The Labute approximate surface area is 162 Å². The summed E-state index contributed by atoms with van der Waals surface area (Å²) >= 11 is 0. The van der Waals surface area contributed by atoms with Gasteiger partial charge in [0, 0.05) is 5.69 Å². The summed E-state index contributed by atoms with van der Waals surface area (Å²) < 4.78 is 0. The van der Waals surface area contributed by atoms with Gasteiger partial charge >= 0.3 is 6.03 Å². The van der Waals surface area contributed by atoms with Gasteiger partial charge in [-0.25, -0.2) is 9.69 Å². The molecular weight excluding hydrogens is 358 g/mol. The zero-order valence-corrected chi connectivity index (χ0v) is 15.2. The Hall–Kier alpha value is -3.87. The van der Waals surface area contributed by atoms with Gasteiger partial charge in [-0.2, -0.15) is 0 Å². The zero-order chi connectivity index (χ0) is 20.1. The van der Waals surface area contributed by atoms with Crippen LogP contribution < -0.4 is 10.6 Å².